The Morgan fingerprint density at radius 2 is 2.31 bits per heavy atom. The summed E-state index contributed by atoms with van der Waals surface area (Å²) >= 11 is 0. The second-order valence-corrected chi connectivity index (χ2v) is 2.95. The molecule has 13 heavy (non-hydrogen) atoms. The Balaban J connectivity index is 0.000000845. The zero-order valence-electron chi connectivity index (χ0n) is 7.49. The summed E-state index contributed by atoms with van der Waals surface area (Å²) in [5.41, 5.74) is 1.08. The summed E-state index contributed by atoms with van der Waals surface area (Å²) in [5.74, 6) is 1.45. The number of hydrogen-bond acceptors (Lipinski definition) is 3. The molecule has 1 aliphatic rings. The van der Waals surface area contributed by atoms with E-state index in [1.54, 1.807) is 7.11 Å². The van der Waals surface area contributed by atoms with Crippen LogP contribution >= 0.6 is 12.4 Å². The van der Waals surface area contributed by atoms with Gasteiger partial charge in [-0.3, -0.25) is 4.98 Å². The molecule has 0 atom stereocenters. The molecule has 4 heteroatoms. The predicted octanol–water partition coefficient (Wildman–Crippen LogP) is 1.20. The van der Waals surface area contributed by atoms with Crippen LogP contribution in [-0.4, -0.2) is 25.2 Å². The lowest BCUT2D eigenvalue weighted by molar-refractivity contribution is 0.378. The highest BCUT2D eigenvalue weighted by Crippen LogP contribution is 2.26. The second kappa shape index (κ2) is 4.44. The Morgan fingerprint density at radius 1 is 1.54 bits per heavy atom. The molecule has 0 amide bonds. The molecule has 0 aromatic carbocycles. The highest BCUT2D eigenvalue weighted by Gasteiger charge is 2.23. The van der Waals surface area contributed by atoms with Gasteiger partial charge in [0.25, 0.3) is 0 Å². The van der Waals surface area contributed by atoms with E-state index in [4.69, 9.17) is 4.74 Å². The Morgan fingerprint density at radius 3 is 2.85 bits per heavy atom. The van der Waals surface area contributed by atoms with Crippen LogP contribution in [0.4, 0.5) is 0 Å². The largest absolute Gasteiger partial charge is 0.495 e. The Hall–Kier alpha value is -0.800. The first-order chi connectivity index (χ1) is 5.92. The van der Waals surface area contributed by atoms with Crippen LogP contribution in [0.3, 0.4) is 0 Å². The van der Waals surface area contributed by atoms with Crippen LogP contribution in [0, 0.1) is 0 Å². The molecule has 1 fully saturated rings. The maximum absolute atomic E-state index is 5.21. The molecule has 1 aromatic rings. The van der Waals surface area contributed by atoms with Gasteiger partial charge < -0.3 is 10.1 Å². The standard InChI is InChI=1S/C9H12N2O.ClH/c1-12-8-3-2-4-11-9(8)7-5-10-6-7;/h2-4,7,10H,5-6H2,1H3;1H. The fourth-order valence-electron chi connectivity index (χ4n) is 1.36. The lowest BCUT2D eigenvalue weighted by Crippen LogP contribution is -2.40. The lowest BCUT2D eigenvalue weighted by atomic mass is 9.98. The minimum absolute atomic E-state index is 0. The van der Waals surface area contributed by atoms with Gasteiger partial charge in [0.2, 0.25) is 0 Å². The van der Waals surface area contributed by atoms with Crippen LogP contribution < -0.4 is 10.1 Å². The average molecular weight is 201 g/mol. The van der Waals surface area contributed by atoms with Gasteiger partial charge in [0.1, 0.15) is 5.75 Å². The van der Waals surface area contributed by atoms with E-state index in [0.717, 1.165) is 24.5 Å². The highest BCUT2D eigenvalue weighted by molar-refractivity contribution is 5.85. The molecule has 0 spiro atoms. The minimum atomic E-state index is 0. The maximum Gasteiger partial charge on any atom is 0.140 e. The average Bonchev–Trinajstić information content (AvgIpc) is 2.02. The number of hydrogen-bond donors (Lipinski definition) is 1. The van der Waals surface area contributed by atoms with Crippen molar-refractivity contribution in [3.05, 3.63) is 24.0 Å². The second-order valence-electron chi connectivity index (χ2n) is 2.95. The maximum atomic E-state index is 5.21. The van der Waals surface area contributed by atoms with Crippen LogP contribution in [-0.2, 0) is 0 Å². The molecule has 72 valence electrons. The van der Waals surface area contributed by atoms with Gasteiger partial charge in [-0.2, -0.15) is 0 Å². The summed E-state index contributed by atoms with van der Waals surface area (Å²) in [7, 11) is 1.69. The number of nitrogens with one attached hydrogen (secondary N) is 1. The van der Waals surface area contributed by atoms with Crippen molar-refractivity contribution in [1.29, 1.82) is 0 Å². The summed E-state index contributed by atoms with van der Waals surface area (Å²) < 4.78 is 5.21. The van der Waals surface area contributed by atoms with E-state index in [1.807, 2.05) is 18.3 Å². The van der Waals surface area contributed by atoms with Crippen molar-refractivity contribution in [2.24, 2.45) is 0 Å². The minimum Gasteiger partial charge on any atom is -0.495 e. The van der Waals surface area contributed by atoms with Gasteiger partial charge in [-0.25, -0.2) is 0 Å². The van der Waals surface area contributed by atoms with E-state index in [0.29, 0.717) is 5.92 Å². The van der Waals surface area contributed by atoms with Crippen LogP contribution in [0.25, 0.3) is 0 Å². The van der Waals surface area contributed by atoms with Crippen molar-refractivity contribution >= 4 is 12.4 Å². The van der Waals surface area contributed by atoms with Gasteiger partial charge in [-0.15, -0.1) is 12.4 Å². The molecule has 1 N–H and O–H groups in total. The molecule has 0 bridgehead atoms. The molecule has 1 aliphatic heterocycles. The van der Waals surface area contributed by atoms with Crippen LogP contribution in [0.2, 0.25) is 0 Å². The lowest BCUT2D eigenvalue weighted by Gasteiger charge is -2.27. The van der Waals surface area contributed by atoms with E-state index >= 15 is 0 Å². The number of pyridine rings is 1. The van der Waals surface area contributed by atoms with E-state index in [2.05, 4.69) is 10.3 Å². The number of halogens is 1. The van der Waals surface area contributed by atoms with Crippen molar-refractivity contribution in [2.45, 2.75) is 5.92 Å². The Kier molecular flexibility index (Phi) is 3.51. The normalized spacial score (nSPS) is 15.8. The summed E-state index contributed by atoms with van der Waals surface area (Å²) in [6.45, 7) is 2.04. The van der Waals surface area contributed by atoms with Gasteiger partial charge in [-0.1, -0.05) is 0 Å². The monoisotopic (exact) mass is 200 g/mol. The molecule has 2 heterocycles. The van der Waals surface area contributed by atoms with Gasteiger partial charge in [0.05, 0.1) is 12.8 Å². The van der Waals surface area contributed by atoms with Crippen molar-refractivity contribution in [2.75, 3.05) is 20.2 Å². The van der Waals surface area contributed by atoms with Gasteiger partial charge in [0, 0.05) is 25.2 Å². The number of aromatic nitrogens is 1. The van der Waals surface area contributed by atoms with Crippen LogP contribution in [0.1, 0.15) is 11.6 Å². The molecule has 3 nitrogen and oxygen atoms in total. The zero-order chi connectivity index (χ0) is 8.39. The predicted molar refractivity (Wildman–Crippen MR) is 53.6 cm³/mol. The Labute approximate surface area is 83.9 Å². The Bertz CT molecular complexity index is 276. The van der Waals surface area contributed by atoms with Gasteiger partial charge >= 0.3 is 0 Å². The van der Waals surface area contributed by atoms with Crippen molar-refractivity contribution < 1.29 is 4.74 Å². The molecular formula is C9H13ClN2O. The van der Waals surface area contributed by atoms with Crippen LogP contribution in [0.15, 0.2) is 18.3 Å². The van der Waals surface area contributed by atoms with Crippen molar-refractivity contribution in [1.82, 2.24) is 10.3 Å². The molecular weight excluding hydrogens is 188 g/mol. The van der Waals surface area contributed by atoms with Crippen molar-refractivity contribution in [3.8, 4) is 5.75 Å². The summed E-state index contributed by atoms with van der Waals surface area (Å²) in [5, 5.41) is 3.22. The van der Waals surface area contributed by atoms with E-state index in [-0.39, 0.29) is 12.4 Å². The highest BCUT2D eigenvalue weighted by atomic mass is 35.5. The molecule has 0 saturated carbocycles. The topological polar surface area (TPSA) is 34.1 Å². The number of rotatable bonds is 2. The molecule has 1 saturated heterocycles. The number of nitrogens with zero attached hydrogens (tertiary/aromatic N) is 1. The molecule has 0 unspecified atom stereocenters. The van der Waals surface area contributed by atoms with Gasteiger partial charge in [0.15, 0.2) is 0 Å². The summed E-state index contributed by atoms with van der Waals surface area (Å²) in [6, 6.07) is 3.86. The SMILES string of the molecule is COc1cccnc1C1CNC1.Cl. The quantitative estimate of drug-likeness (QED) is 0.779. The molecule has 1 aromatic heterocycles. The zero-order valence-corrected chi connectivity index (χ0v) is 8.30. The fourth-order valence-corrected chi connectivity index (χ4v) is 1.36. The first-order valence-electron chi connectivity index (χ1n) is 4.11. The number of ether oxygens (including phenoxy) is 1. The molecule has 0 aliphatic carbocycles. The van der Waals surface area contributed by atoms with E-state index < -0.39 is 0 Å². The summed E-state index contributed by atoms with van der Waals surface area (Å²) in [4.78, 5) is 4.31. The molecule has 2 rings (SSSR count). The van der Waals surface area contributed by atoms with Crippen molar-refractivity contribution in [3.63, 3.8) is 0 Å². The third-order valence-corrected chi connectivity index (χ3v) is 2.19. The smallest absolute Gasteiger partial charge is 0.140 e. The first-order valence-corrected chi connectivity index (χ1v) is 4.11. The molecule has 0 radical (unpaired) electrons. The van der Waals surface area contributed by atoms with Crippen LogP contribution in [0.5, 0.6) is 5.75 Å². The fraction of sp³-hybridized carbons (Fsp3) is 0.444. The van der Waals surface area contributed by atoms with E-state index in [9.17, 15) is 0 Å². The van der Waals surface area contributed by atoms with E-state index in [1.165, 1.54) is 0 Å². The number of methoxy groups -OCH3 is 1. The summed E-state index contributed by atoms with van der Waals surface area (Å²) in [6.07, 6.45) is 1.82. The first kappa shape index (κ1) is 10.3. The third kappa shape index (κ3) is 1.92. The van der Waals surface area contributed by atoms with Gasteiger partial charge in [-0.05, 0) is 12.1 Å². The third-order valence-electron chi connectivity index (χ3n) is 2.19.